The SMILES string of the molecule is COc1c(O[C@@H]2CCOC2)cc(N2C[C@@H](C)n3c(c(CCCOc4cc(C)c(Cl)c(C)c4)c4ccc(Cl)c(-c5c(C)nc(C)nc5C)c43)C2=O)c2c1cc(C(=O)O)n2C. The van der Waals surface area contributed by atoms with Gasteiger partial charge in [-0.1, -0.05) is 29.3 Å². The van der Waals surface area contributed by atoms with Gasteiger partial charge in [0, 0.05) is 70.4 Å². The maximum atomic E-state index is 15.5. The van der Waals surface area contributed by atoms with Crippen LogP contribution in [-0.4, -0.2) is 75.7 Å². The summed E-state index contributed by atoms with van der Waals surface area (Å²) >= 11 is 13.6. The number of carbonyl (C=O) groups is 2. The number of methoxy groups -OCH3 is 1. The van der Waals surface area contributed by atoms with Gasteiger partial charge in [-0.25, -0.2) is 14.8 Å². The van der Waals surface area contributed by atoms with E-state index in [4.69, 9.17) is 52.1 Å². The minimum absolute atomic E-state index is 0.0459. The van der Waals surface area contributed by atoms with Crippen LogP contribution in [-0.2, 0) is 18.2 Å². The second-order valence-electron chi connectivity index (χ2n) is 15.6. The molecule has 14 heteroatoms. The molecule has 1 N–H and O–H groups in total. The van der Waals surface area contributed by atoms with Crippen LogP contribution < -0.4 is 19.1 Å². The minimum Gasteiger partial charge on any atom is -0.494 e. The van der Waals surface area contributed by atoms with Crippen LogP contribution in [0.15, 0.2) is 36.4 Å². The Labute approximate surface area is 352 Å². The number of ether oxygens (including phenoxy) is 4. The monoisotopic (exact) mass is 839 g/mol. The summed E-state index contributed by atoms with van der Waals surface area (Å²) in [6.07, 6.45) is 1.57. The Hall–Kier alpha value is -5.30. The first kappa shape index (κ1) is 40.5. The fraction of sp³-hybridized carbons (Fsp3) is 0.378. The molecule has 2 atom stereocenters. The molecule has 0 aliphatic carbocycles. The second-order valence-corrected chi connectivity index (χ2v) is 16.4. The Morgan fingerprint density at radius 3 is 2.34 bits per heavy atom. The van der Waals surface area contributed by atoms with Crippen LogP contribution in [0.1, 0.15) is 80.7 Å². The van der Waals surface area contributed by atoms with E-state index in [0.717, 1.165) is 60.9 Å². The molecule has 1 saturated heterocycles. The van der Waals surface area contributed by atoms with Gasteiger partial charge in [0.1, 0.15) is 29.1 Å². The van der Waals surface area contributed by atoms with Crippen molar-refractivity contribution in [2.45, 2.75) is 73.0 Å². The number of hydrogen-bond acceptors (Lipinski definition) is 8. The number of aromatic carboxylic acids is 1. The maximum Gasteiger partial charge on any atom is 0.352 e. The number of carboxylic acids is 1. The van der Waals surface area contributed by atoms with Crippen molar-refractivity contribution in [2.24, 2.45) is 7.05 Å². The average molecular weight is 841 g/mol. The first-order valence-electron chi connectivity index (χ1n) is 19.8. The molecule has 1 amide bonds. The van der Waals surface area contributed by atoms with Crippen LogP contribution in [0.4, 0.5) is 5.69 Å². The van der Waals surface area contributed by atoms with Gasteiger partial charge in [-0.3, -0.25) is 4.79 Å². The quantitative estimate of drug-likeness (QED) is 0.127. The van der Waals surface area contributed by atoms with Crippen LogP contribution in [0.25, 0.3) is 32.9 Å². The summed E-state index contributed by atoms with van der Waals surface area (Å²) < 4.78 is 28.0. The Morgan fingerprint density at radius 2 is 1.69 bits per heavy atom. The van der Waals surface area contributed by atoms with Gasteiger partial charge in [0.05, 0.1) is 48.7 Å². The van der Waals surface area contributed by atoms with E-state index in [-0.39, 0.29) is 30.3 Å². The normalized spacial score (nSPS) is 16.6. The number of anilines is 1. The smallest absolute Gasteiger partial charge is 0.352 e. The molecule has 1 fully saturated rings. The van der Waals surface area contributed by atoms with Crippen molar-refractivity contribution in [3.63, 3.8) is 0 Å². The Morgan fingerprint density at radius 1 is 0.983 bits per heavy atom. The number of nitrogens with zero attached hydrogens (tertiary/aromatic N) is 5. The second kappa shape index (κ2) is 15.7. The molecule has 12 nitrogen and oxygen atoms in total. The Balaban J connectivity index is 1.31. The molecule has 5 heterocycles. The molecule has 3 aromatic carbocycles. The molecule has 0 bridgehead atoms. The van der Waals surface area contributed by atoms with Crippen molar-refractivity contribution >= 4 is 62.6 Å². The van der Waals surface area contributed by atoms with E-state index in [0.29, 0.717) is 83.7 Å². The Kier molecular flexibility index (Phi) is 10.8. The molecule has 8 rings (SSSR count). The van der Waals surface area contributed by atoms with E-state index in [1.807, 2.05) is 58.9 Å². The summed E-state index contributed by atoms with van der Waals surface area (Å²) in [6.45, 7) is 13.4. The van der Waals surface area contributed by atoms with E-state index in [1.165, 1.54) is 7.11 Å². The molecule has 2 aliphatic heterocycles. The summed E-state index contributed by atoms with van der Waals surface area (Å²) in [5.74, 6) is 0.848. The predicted octanol–water partition coefficient (Wildman–Crippen LogP) is 9.55. The number of fused-ring (bicyclic) bond motifs is 4. The largest absolute Gasteiger partial charge is 0.494 e. The van der Waals surface area contributed by atoms with Crippen molar-refractivity contribution in [1.29, 1.82) is 0 Å². The molecule has 308 valence electrons. The zero-order valence-corrected chi connectivity index (χ0v) is 36.0. The first-order chi connectivity index (χ1) is 28.2. The molecule has 0 spiro atoms. The number of aryl methyl sites for hydroxylation is 7. The summed E-state index contributed by atoms with van der Waals surface area (Å²) in [6, 6.07) is 10.9. The molecule has 0 unspecified atom stereocenters. The van der Waals surface area contributed by atoms with Crippen molar-refractivity contribution in [2.75, 3.05) is 38.4 Å². The number of halogens is 2. The van der Waals surface area contributed by atoms with E-state index in [9.17, 15) is 9.90 Å². The average Bonchev–Trinajstić information content (AvgIpc) is 3.91. The molecule has 2 aliphatic rings. The topological polar surface area (TPSA) is 130 Å². The predicted molar refractivity (Wildman–Crippen MR) is 230 cm³/mol. The lowest BCUT2D eigenvalue weighted by Gasteiger charge is -2.35. The van der Waals surface area contributed by atoms with Gasteiger partial charge in [-0.05, 0) is 95.3 Å². The van der Waals surface area contributed by atoms with Crippen LogP contribution in [0.3, 0.4) is 0 Å². The summed E-state index contributed by atoms with van der Waals surface area (Å²) in [4.78, 5) is 39.3. The highest BCUT2D eigenvalue weighted by Gasteiger charge is 2.39. The number of aromatic nitrogens is 4. The molecule has 6 aromatic rings. The molecule has 3 aromatic heterocycles. The zero-order valence-electron chi connectivity index (χ0n) is 34.5. The number of rotatable bonds is 11. The van der Waals surface area contributed by atoms with Gasteiger partial charge < -0.3 is 38.1 Å². The number of amides is 1. The van der Waals surface area contributed by atoms with Crippen molar-refractivity contribution in [3.8, 4) is 28.4 Å². The maximum absolute atomic E-state index is 15.5. The third-order valence-corrected chi connectivity index (χ3v) is 12.5. The van der Waals surface area contributed by atoms with Crippen molar-refractivity contribution in [3.05, 3.63) is 91.7 Å². The zero-order chi connectivity index (χ0) is 42.0. The number of benzene rings is 3. The van der Waals surface area contributed by atoms with Gasteiger partial charge >= 0.3 is 5.97 Å². The van der Waals surface area contributed by atoms with Gasteiger partial charge in [0.25, 0.3) is 5.91 Å². The van der Waals surface area contributed by atoms with Crippen LogP contribution in [0.5, 0.6) is 17.2 Å². The molecule has 59 heavy (non-hydrogen) atoms. The van der Waals surface area contributed by atoms with Gasteiger partial charge in [-0.15, -0.1) is 0 Å². The lowest BCUT2D eigenvalue weighted by Crippen LogP contribution is -2.43. The number of carboxylic acid groups (broad SMARTS) is 1. The lowest BCUT2D eigenvalue weighted by molar-refractivity contribution is 0.0687. The van der Waals surface area contributed by atoms with Gasteiger partial charge in [-0.2, -0.15) is 0 Å². The fourth-order valence-corrected chi connectivity index (χ4v) is 9.37. The molecular formula is C45H47Cl2N5O7. The third kappa shape index (κ3) is 6.94. The number of carbonyl (C=O) groups excluding carboxylic acids is 1. The summed E-state index contributed by atoms with van der Waals surface area (Å²) in [7, 11) is 3.22. The van der Waals surface area contributed by atoms with Crippen LogP contribution in [0.2, 0.25) is 10.0 Å². The van der Waals surface area contributed by atoms with Crippen LogP contribution in [0, 0.1) is 34.6 Å². The molecule has 0 saturated carbocycles. The number of hydrogen-bond donors (Lipinski definition) is 1. The minimum atomic E-state index is -1.11. The summed E-state index contributed by atoms with van der Waals surface area (Å²) in [5.41, 5.74) is 8.38. The van der Waals surface area contributed by atoms with Gasteiger partial charge in [0.15, 0.2) is 11.5 Å². The Bertz CT molecular complexity index is 2650. The lowest BCUT2D eigenvalue weighted by atomic mass is 9.97. The van der Waals surface area contributed by atoms with E-state index >= 15 is 4.79 Å². The fourth-order valence-electron chi connectivity index (χ4n) is 9.02. The highest BCUT2D eigenvalue weighted by atomic mass is 35.5. The van der Waals surface area contributed by atoms with Crippen molar-refractivity contribution in [1.82, 2.24) is 19.1 Å². The van der Waals surface area contributed by atoms with E-state index in [2.05, 4.69) is 11.5 Å². The molecular weight excluding hydrogens is 793 g/mol. The van der Waals surface area contributed by atoms with Crippen LogP contribution >= 0.6 is 23.2 Å². The van der Waals surface area contributed by atoms with E-state index in [1.54, 1.807) is 28.6 Å². The molecule has 0 radical (unpaired) electrons. The summed E-state index contributed by atoms with van der Waals surface area (Å²) in [5, 5.41) is 12.9. The highest BCUT2D eigenvalue weighted by molar-refractivity contribution is 6.35. The first-order valence-corrected chi connectivity index (χ1v) is 20.5. The third-order valence-electron chi connectivity index (χ3n) is 11.5. The van der Waals surface area contributed by atoms with Crippen molar-refractivity contribution < 1.29 is 33.6 Å². The van der Waals surface area contributed by atoms with E-state index < -0.39 is 5.97 Å². The highest BCUT2D eigenvalue weighted by Crippen LogP contribution is 2.48. The standard InChI is InChI=1S/C45H47Cl2N5O7/c1-22-16-29(17-23(2)39(22)47)58-14-9-10-30-31-11-12-33(46)38(37-25(4)48-27(6)49-26(37)5)41(31)52-24(3)20-51(44(53)42(30)52)34-19-36(59-28-13-15-57-21-28)43(56-8)32-18-35(45(54)55)50(7)40(32)34/h11-12,16-19,24,28H,9-10,13-15,20-21H2,1-8H3,(H,54,55)/t24-,28-/m1/s1. The van der Waals surface area contributed by atoms with Gasteiger partial charge in [0.2, 0.25) is 0 Å².